The Bertz CT molecular complexity index is 375. The third-order valence-corrected chi connectivity index (χ3v) is 3.92. The van der Waals surface area contributed by atoms with Gasteiger partial charge in [0, 0.05) is 16.6 Å². The molecule has 2 atom stereocenters. The maximum absolute atomic E-state index is 6.25. The van der Waals surface area contributed by atoms with E-state index in [0.29, 0.717) is 6.10 Å². The van der Waals surface area contributed by atoms with Crippen LogP contribution in [0.3, 0.4) is 0 Å². The minimum Gasteiger partial charge on any atom is -0.369 e. The average molecular weight is 268 g/mol. The van der Waals surface area contributed by atoms with Crippen LogP contribution in [0.2, 0.25) is 5.02 Å². The molecular formula is C15H22ClNO. The minimum atomic E-state index is -0.0956. The largest absolute Gasteiger partial charge is 0.369 e. The molecule has 1 aromatic carbocycles. The summed E-state index contributed by atoms with van der Waals surface area (Å²) in [7, 11) is 0. The number of ether oxygens (including phenoxy) is 1. The number of rotatable bonds is 4. The van der Waals surface area contributed by atoms with E-state index in [1.807, 2.05) is 31.2 Å². The normalized spacial score (nSPS) is 20.6. The Morgan fingerprint density at radius 2 is 1.89 bits per heavy atom. The van der Waals surface area contributed by atoms with E-state index in [-0.39, 0.29) is 12.1 Å². The molecule has 0 saturated heterocycles. The maximum Gasteiger partial charge on any atom is 0.0991 e. The molecule has 2 nitrogen and oxygen atoms in total. The molecule has 1 aliphatic carbocycles. The van der Waals surface area contributed by atoms with Gasteiger partial charge in [0.15, 0.2) is 0 Å². The smallest absolute Gasteiger partial charge is 0.0991 e. The third kappa shape index (κ3) is 3.47. The van der Waals surface area contributed by atoms with Gasteiger partial charge in [-0.3, -0.25) is 0 Å². The molecule has 2 N–H and O–H groups in total. The standard InChI is InChI=1S/C15H22ClNO/c1-11(17)15(13-9-5-6-10-14(13)16)18-12-7-3-2-4-8-12/h5-6,9-12,15H,2-4,7-8,17H2,1H3. The topological polar surface area (TPSA) is 35.2 Å². The van der Waals surface area contributed by atoms with Crippen molar-refractivity contribution in [1.29, 1.82) is 0 Å². The Morgan fingerprint density at radius 3 is 2.50 bits per heavy atom. The minimum absolute atomic E-state index is 0.0492. The molecule has 3 heteroatoms. The molecule has 1 fully saturated rings. The number of nitrogens with two attached hydrogens (primary N) is 1. The van der Waals surface area contributed by atoms with E-state index >= 15 is 0 Å². The Morgan fingerprint density at radius 1 is 1.22 bits per heavy atom. The molecule has 0 heterocycles. The zero-order valence-corrected chi connectivity index (χ0v) is 11.7. The molecule has 1 aromatic rings. The molecule has 0 aliphatic heterocycles. The zero-order valence-electron chi connectivity index (χ0n) is 10.9. The molecule has 2 unspecified atom stereocenters. The molecule has 1 saturated carbocycles. The molecule has 0 bridgehead atoms. The van der Waals surface area contributed by atoms with Crippen molar-refractivity contribution >= 4 is 11.6 Å². The predicted molar refractivity (Wildman–Crippen MR) is 75.8 cm³/mol. The van der Waals surface area contributed by atoms with Gasteiger partial charge < -0.3 is 10.5 Å². The van der Waals surface area contributed by atoms with Crippen LogP contribution in [0.25, 0.3) is 0 Å². The van der Waals surface area contributed by atoms with Crippen molar-refractivity contribution in [2.45, 2.75) is 57.3 Å². The van der Waals surface area contributed by atoms with Gasteiger partial charge in [-0.25, -0.2) is 0 Å². The van der Waals surface area contributed by atoms with Crippen LogP contribution in [-0.4, -0.2) is 12.1 Å². The first-order valence-electron chi connectivity index (χ1n) is 6.84. The first-order valence-corrected chi connectivity index (χ1v) is 7.21. The van der Waals surface area contributed by atoms with Gasteiger partial charge in [-0.15, -0.1) is 0 Å². The number of hydrogen-bond donors (Lipinski definition) is 1. The number of benzene rings is 1. The second-order valence-electron chi connectivity index (χ2n) is 5.20. The van der Waals surface area contributed by atoms with Crippen molar-refractivity contribution in [2.75, 3.05) is 0 Å². The summed E-state index contributed by atoms with van der Waals surface area (Å²) in [6, 6.07) is 7.79. The van der Waals surface area contributed by atoms with Crippen molar-refractivity contribution in [3.63, 3.8) is 0 Å². The summed E-state index contributed by atoms with van der Waals surface area (Å²) in [5.41, 5.74) is 7.08. The van der Waals surface area contributed by atoms with Crippen LogP contribution in [-0.2, 0) is 4.74 Å². The quantitative estimate of drug-likeness (QED) is 0.892. The highest BCUT2D eigenvalue weighted by Crippen LogP contribution is 2.32. The van der Waals surface area contributed by atoms with Crippen LogP contribution in [0.5, 0.6) is 0 Å². The molecule has 0 aromatic heterocycles. The summed E-state index contributed by atoms with van der Waals surface area (Å²) in [5, 5.41) is 0.746. The third-order valence-electron chi connectivity index (χ3n) is 3.58. The highest BCUT2D eigenvalue weighted by Gasteiger charge is 2.24. The molecule has 0 radical (unpaired) electrons. The van der Waals surface area contributed by atoms with E-state index in [1.54, 1.807) is 0 Å². The Balaban J connectivity index is 2.10. The fourth-order valence-corrected chi connectivity index (χ4v) is 2.84. The van der Waals surface area contributed by atoms with Gasteiger partial charge >= 0.3 is 0 Å². The van der Waals surface area contributed by atoms with Crippen molar-refractivity contribution in [2.24, 2.45) is 5.73 Å². The zero-order chi connectivity index (χ0) is 13.0. The highest BCUT2D eigenvalue weighted by atomic mass is 35.5. The van der Waals surface area contributed by atoms with E-state index in [1.165, 1.54) is 19.3 Å². The van der Waals surface area contributed by atoms with Gasteiger partial charge in [-0.1, -0.05) is 49.1 Å². The second kappa shape index (κ2) is 6.55. The van der Waals surface area contributed by atoms with E-state index in [9.17, 15) is 0 Å². The first kappa shape index (κ1) is 13.9. The summed E-state index contributed by atoms with van der Waals surface area (Å²) < 4.78 is 6.21. The maximum atomic E-state index is 6.25. The van der Waals surface area contributed by atoms with Crippen LogP contribution < -0.4 is 5.73 Å². The molecule has 18 heavy (non-hydrogen) atoms. The fraction of sp³-hybridized carbons (Fsp3) is 0.600. The lowest BCUT2D eigenvalue weighted by Gasteiger charge is -2.30. The SMILES string of the molecule is CC(N)C(OC1CCCCC1)c1ccccc1Cl. The van der Waals surface area contributed by atoms with Crippen molar-refractivity contribution < 1.29 is 4.74 Å². The molecule has 0 amide bonds. The summed E-state index contributed by atoms with van der Waals surface area (Å²) in [6.07, 6.45) is 6.39. The van der Waals surface area contributed by atoms with Gasteiger partial charge in [0.1, 0.15) is 0 Å². The lowest BCUT2D eigenvalue weighted by Crippen LogP contribution is -2.31. The van der Waals surface area contributed by atoms with Crippen molar-refractivity contribution in [3.8, 4) is 0 Å². The second-order valence-corrected chi connectivity index (χ2v) is 5.60. The molecule has 0 spiro atoms. The van der Waals surface area contributed by atoms with E-state index in [0.717, 1.165) is 23.4 Å². The van der Waals surface area contributed by atoms with Crippen LogP contribution in [0.15, 0.2) is 24.3 Å². The molecular weight excluding hydrogens is 246 g/mol. The predicted octanol–water partition coefficient (Wildman–Crippen LogP) is 4.08. The van der Waals surface area contributed by atoms with Crippen LogP contribution >= 0.6 is 11.6 Å². The fourth-order valence-electron chi connectivity index (χ4n) is 2.59. The highest BCUT2D eigenvalue weighted by molar-refractivity contribution is 6.31. The van der Waals surface area contributed by atoms with E-state index in [2.05, 4.69) is 0 Å². The van der Waals surface area contributed by atoms with Crippen LogP contribution in [0, 0.1) is 0 Å². The summed E-state index contributed by atoms with van der Waals surface area (Å²) in [6.45, 7) is 1.98. The Kier molecular flexibility index (Phi) is 5.04. The lowest BCUT2D eigenvalue weighted by atomic mass is 9.96. The van der Waals surface area contributed by atoms with Gasteiger partial charge in [0.2, 0.25) is 0 Å². The van der Waals surface area contributed by atoms with Crippen molar-refractivity contribution in [3.05, 3.63) is 34.9 Å². The number of hydrogen-bond acceptors (Lipinski definition) is 2. The van der Waals surface area contributed by atoms with Gasteiger partial charge in [-0.05, 0) is 25.8 Å². The molecule has 2 rings (SSSR count). The van der Waals surface area contributed by atoms with E-state index in [4.69, 9.17) is 22.1 Å². The Labute approximate surface area is 114 Å². The molecule has 1 aliphatic rings. The van der Waals surface area contributed by atoms with Gasteiger partial charge in [0.25, 0.3) is 0 Å². The first-order chi connectivity index (χ1) is 8.68. The van der Waals surface area contributed by atoms with E-state index < -0.39 is 0 Å². The lowest BCUT2D eigenvalue weighted by molar-refractivity contribution is -0.0406. The summed E-state index contributed by atoms with van der Waals surface area (Å²) in [4.78, 5) is 0. The monoisotopic (exact) mass is 267 g/mol. The average Bonchev–Trinajstić information content (AvgIpc) is 2.38. The van der Waals surface area contributed by atoms with Crippen LogP contribution in [0.1, 0.15) is 50.7 Å². The van der Waals surface area contributed by atoms with Gasteiger partial charge in [-0.2, -0.15) is 0 Å². The summed E-state index contributed by atoms with van der Waals surface area (Å²) >= 11 is 6.25. The van der Waals surface area contributed by atoms with Crippen molar-refractivity contribution in [1.82, 2.24) is 0 Å². The Hall–Kier alpha value is -0.570. The molecule has 100 valence electrons. The summed E-state index contributed by atoms with van der Waals surface area (Å²) in [5.74, 6) is 0. The van der Waals surface area contributed by atoms with Gasteiger partial charge in [0.05, 0.1) is 12.2 Å². The van der Waals surface area contributed by atoms with Crippen LogP contribution in [0.4, 0.5) is 0 Å². The number of halogens is 1.